The molecule has 11 nitrogen and oxygen atoms in total. The Bertz CT molecular complexity index is 1930. The molecule has 0 bridgehead atoms. The summed E-state index contributed by atoms with van der Waals surface area (Å²) in [6.45, 7) is 8.47. The van der Waals surface area contributed by atoms with Crippen LogP contribution in [0.5, 0.6) is 17.2 Å². The maximum absolute atomic E-state index is 14.5. The van der Waals surface area contributed by atoms with Gasteiger partial charge in [-0.1, -0.05) is 72.6 Å². The first-order chi connectivity index (χ1) is 28.9. The van der Waals surface area contributed by atoms with Gasteiger partial charge in [-0.05, 0) is 84.6 Å². The molecule has 0 radical (unpaired) electrons. The topological polar surface area (TPSA) is 122 Å². The van der Waals surface area contributed by atoms with E-state index in [2.05, 4.69) is 23.6 Å². The monoisotopic (exact) mass is 807 g/mol. The number of fused-ring (bicyclic) bond motifs is 2. The van der Waals surface area contributed by atoms with E-state index in [9.17, 15) is 15.0 Å². The van der Waals surface area contributed by atoms with Crippen molar-refractivity contribution in [3.05, 3.63) is 114 Å². The molecule has 2 N–H and O–H groups in total. The van der Waals surface area contributed by atoms with Crippen LogP contribution >= 0.6 is 0 Å². The van der Waals surface area contributed by atoms with Gasteiger partial charge in [-0.25, -0.2) is 0 Å². The number of carbonyl (C=O) groups is 1. The van der Waals surface area contributed by atoms with Gasteiger partial charge in [0, 0.05) is 57.8 Å². The Labute approximate surface area is 349 Å². The van der Waals surface area contributed by atoms with Gasteiger partial charge in [0.05, 0.1) is 31.8 Å². The minimum Gasteiger partial charge on any atom is -0.497 e. The molecule has 7 rings (SSSR count). The summed E-state index contributed by atoms with van der Waals surface area (Å²) >= 11 is 0. The number of oxime groups is 1. The Kier molecular flexibility index (Phi) is 14.4. The Morgan fingerprint density at radius 3 is 2.51 bits per heavy atom. The fourth-order valence-corrected chi connectivity index (χ4v) is 9.42. The van der Waals surface area contributed by atoms with Crippen molar-refractivity contribution in [2.45, 2.75) is 75.7 Å². The Hall–Kier alpha value is -4.68. The molecule has 2 heterocycles. The summed E-state index contributed by atoms with van der Waals surface area (Å²) in [7, 11) is 3.46. The van der Waals surface area contributed by atoms with Crippen LogP contribution in [-0.2, 0) is 27.4 Å². The van der Waals surface area contributed by atoms with Crippen LogP contribution in [0.25, 0.3) is 0 Å². The highest BCUT2D eigenvalue weighted by atomic mass is 16.7. The van der Waals surface area contributed by atoms with Gasteiger partial charge in [-0.15, -0.1) is 6.58 Å². The largest absolute Gasteiger partial charge is 0.497 e. The third-order valence-corrected chi connectivity index (χ3v) is 12.5. The molecule has 4 aliphatic rings. The first-order valence-electron chi connectivity index (χ1n) is 21.4. The number of hydrogen-bond donors (Lipinski definition) is 2. The number of allylic oxidation sites excluding steroid dienone is 1. The van der Waals surface area contributed by atoms with Crippen molar-refractivity contribution in [1.29, 1.82) is 0 Å². The van der Waals surface area contributed by atoms with Gasteiger partial charge in [0.15, 0.2) is 0 Å². The first kappa shape index (κ1) is 42.4. The van der Waals surface area contributed by atoms with Gasteiger partial charge in [0.1, 0.15) is 36.5 Å². The fourth-order valence-electron chi connectivity index (χ4n) is 9.42. The number of hydrogen-bond acceptors (Lipinski definition) is 10. The van der Waals surface area contributed by atoms with Crippen molar-refractivity contribution < 1.29 is 38.8 Å². The van der Waals surface area contributed by atoms with E-state index in [4.69, 9.17) is 28.9 Å². The normalized spacial score (nSPS) is 24.9. The maximum atomic E-state index is 14.5. The highest BCUT2D eigenvalue weighted by molar-refractivity contribution is 6.03. The van der Waals surface area contributed by atoms with Crippen LogP contribution in [0.3, 0.4) is 0 Å². The lowest BCUT2D eigenvalue weighted by Gasteiger charge is -2.59. The number of benzene rings is 3. The van der Waals surface area contributed by atoms with Crippen molar-refractivity contribution in [1.82, 2.24) is 9.80 Å². The maximum Gasteiger partial charge on any atom is 0.239 e. The van der Waals surface area contributed by atoms with E-state index in [-0.39, 0.29) is 55.8 Å². The highest BCUT2D eigenvalue weighted by Crippen LogP contribution is 2.61. The lowest BCUT2D eigenvalue weighted by Crippen LogP contribution is -2.69. The van der Waals surface area contributed by atoms with Gasteiger partial charge in [-0.2, -0.15) is 0 Å². The lowest BCUT2D eigenvalue weighted by molar-refractivity contribution is -0.255. The summed E-state index contributed by atoms with van der Waals surface area (Å²) in [6, 6.07) is 23.1. The van der Waals surface area contributed by atoms with Crippen molar-refractivity contribution >= 4 is 11.6 Å². The van der Waals surface area contributed by atoms with Crippen LogP contribution in [0.2, 0.25) is 0 Å². The average Bonchev–Trinajstić information content (AvgIpc) is 4.09. The van der Waals surface area contributed by atoms with Gasteiger partial charge in [0.2, 0.25) is 11.7 Å². The molecule has 1 saturated carbocycles. The number of ether oxygens (including phenoxy) is 4. The molecule has 0 spiro atoms. The van der Waals surface area contributed by atoms with Crippen LogP contribution < -0.4 is 14.2 Å². The van der Waals surface area contributed by atoms with Crippen molar-refractivity contribution in [2.75, 3.05) is 60.2 Å². The van der Waals surface area contributed by atoms with Gasteiger partial charge in [-0.3, -0.25) is 9.69 Å². The minimum absolute atomic E-state index is 0.0971. The summed E-state index contributed by atoms with van der Waals surface area (Å²) in [5, 5.41) is 24.7. The summed E-state index contributed by atoms with van der Waals surface area (Å²) in [4.78, 5) is 24.9. The zero-order valence-electron chi connectivity index (χ0n) is 34.7. The van der Waals surface area contributed by atoms with Crippen LogP contribution in [0, 0.1) is 17.8 Å². The molecule has 11 heteroatoms. The molecule has 59 heavy (non-hydrogen) atoms. The van der Waals surface area contributed by atoms with E-state index >= 15 is 0 Å². The molecule has 2 aliphatic carbocycles. The fraction of sp³-hybridized carbons (Fsp3) is 0.500. The Morgan fingerprint density at radius 1 is 0.983 bits per heavy atom. The highest BCUT2D eigenvalue weighted by Gasteiger charge is 2.65. The van der Waals surface area contributed by atoms with E-state index in [1.165, 1.54) is 0 Å². The number of amides is 1. The first-order valence-corrected chi connectivity index (χ1v) is 21.4. The molecule has 2 aliphatic heterocycles. The molecule has 316 valence electrons. The van der Waals surface area contributed by atoms with Crippen molar-refractivity contribution in [3.8, 4) is 17.2 Å². The second-order valence-corrected chi connectivity index (χ2v) is 16.3. The second-order valence-electron chi connectivity index (χ2n) is 16.3. The third kappa shape index (κ3) is 9.86. The van der Waals surface area contributed by atoms with Crippen LogP contribution in [0.15, 0.2) is 102 Å². The van der Waals surface area contributed by atoms with Crippen LogP contribution in [0.1, 0.15) is 67.6 Å². The number of carbonyl (C=O) groups excluding carboxylic acids is 1. The Balaban J connectivity index is 1.37. The van der Waals surface area contributed by atoms with Crippen LogP contribution in [-0.4, -0.2) is 104 Å². The number of methoxy groups -OCH3 is 1. The minimum atomic E-state index is -1.32. The summed E-state index contributed by atoms with van der Waals surface area (Å²) in [5.41, 5.74) is 4.65. The number of aliphatic hydroxyl groups excluding tert-OH is 2. The number of aliphatic hydroxyl groups is 2. The summed E-state index contributed by atoms with van der Waals surface area (Å²) < 4.78 is 26.2. The molecule has 0 unspecified atom stereocenters. The number of unbranched alkanes of at least 4 members (excludes halogenated alkanes) is 2. The predicted molar refractivity (Wildman–Crippen MR) is 228 cm³/mol. The zero-order chi connectivity index (χ0) is 41.2. The molecule has 6 atom stereocenters. The van der Waals surface area contributed by atoms with Gasteiger partial charge < -0.3 is 38.9 Å². The zero-order valence-corrected chi connectivity index (χ0v) is 34.7. The van der Waals surface area contributed by atoms with E-state index < -0.39 is 11.8 Å². The van der Waals surface area contributed by atoms with Crippen LogP contribution in [0.4, 0.5) is 0 Å². The molecule has 1 saturated heterocycles. The van der Waals surface area contributed by atoms with Crippen molar-refractivity contribution in [2.24, 2.45) is 22.9 Å². The predicted octanol–water partition coefficient (Wildman–Crippen LogP) is 6.92. The van der Waals surface area contributed by atoms with Crippen molar-refractivity contribution in [3.63, 3.8) is 0 Å². The van der Waals surface area contributed by atoms with E-state index in [1.807, 2.05) is 73.8 Å². The summed E-state index contributed by atoms with van der Waals surface area (Å²) in [5.74, 6) is 0.510. The second kappa shape index (κ2) is 20.1. The Morgan fingerprint density at radius 2 is 1.76 bits per heavy atom. The molecule has 3 aromatic carbocycles. The number of rotatable bonds is 22. The lowest BCUT2D eigenvalue weighted by atomic mass is 9.55. The number of likely N-dealkylation sites (N-methyl/N-ethyl adjacent to an activating group) is 1. The molecule has 2 fully saturated rings. The average molecular weight is 808 g/mol. The van der Waals surface area contributed by atoms with Gasteiger partial charge in [0.25, 0.3) is 0 Å². The van der Waals surface area contributed by atoms with E-state index in [0.717, 1.165) is 79.0 Å². The number of nitrogens with zero attached hydrogens (tertiary/aromatic N) is 3. The third-order valence-electron chi connectivity index (χ3n) is 12.5. The molecule has 1 amide bonds. The molecular formula is C48H61N3O8. The summed E-state index contributed by atoms with van der Waals surface area (Å²) in [6.07, 6.45) is 9.43. The quantitative estimate of drug-likeness (QED) is 0.0482. The van der Waals surface area contributed by atoms with E-state index in [1.54, 1.807) is 18.1 Å². The smallest absolute Gasteiger partial charge is 0.239 e. The SMILES string of the molecule is C=CCO[C@@]12Oc3ccc(OCCN4CC4)cc3[C@H]3[C@H](CCCCO)[C@@H](CCCCO)C=C(C(=NOCc4ccccc4)C[C@@H]1N(C)C(=O)Cc1cccc(OC)c1)[C@H]32. The molecular weight excluding hydrogens is 747 g/mol. The standard InChI is InChI=1S/C48H61N3O8/c1-4-26-57-48-44(50(2)45(54)29-35-15-12-17-37(28-35)55-3)32-42(49-58-33-34-13-6-5-7-14-34)40-30-36(16-8-10-24-52)39(18-9-11-25-53)46(47(40)48)41-31-38(19-20-43(41)59-48)56-27-23-51-21-22-51/h4-7,12-15,17,19-20,28,30-31,36,39,44,46-47,52-53H,1,8-11,16,18,21-27,29,32-33H2,2-3H3/t36-,39+,44-,46+,47+,48+/m0/s1. The molecule has 3 aromatic rings. The van der Waals surface area contributed by atoms with E-state index in [0.29, 0.717) is 44.0 Å². The van der Waals surface area contributed by atoms with Gasteiger partial charge >= 0.3 is 0 Å². The molecule has 0 aromatic heterocycles.